The van der Waals surface area contributed by atoms with Crippen molar-refractivity contribution in [3.8, 4) is 0 Å². The lowest BCUT2D eigenvalue weighted by Crippen LogP contribution is -2.30. The number of pyridine rings is 1. The van der Waals surface area contributed by atoms with Crippen molar-refractivity contribution < 1.29 is 4.79 Å². The largest absolute Gasteiger partial charge is 0.337 e. The molecule has 1 amide bonds. The molecule has 5 heteroatoms. The Morgan fingerprint density at radius 2 is 2.00 bits per heavy atom. The third kappa shape index (κ3) is 3.11. The molecule has 2 aromatic heterocycles. The second kappa shape index (κ2) is 6.48. The molecule has 0 bridgehead atoms. The molecule has 0 unspecified atom stereocenters. The highest BCUT2D eigenvalue weighted by Gasteiger charge is 2.32. The Kier molecular flexibility index (Phi) is 3.96. The molecule has 1 aromatic carbocycles. The molecule has 1 saturated heterocycles. The quantitative estimate of drug-likeness (QED) is 0.711. The van der Waals surface area contributed by atoms with Crippen LogP contribution in [0, 0.1) is 12.8 Å². The average molecular weight is 360 g/mol. The predicted molar refractivity (Wildman–Crippen MR) is 105 cm³/mol. The van der Waals surface area contributed by atoms with Crippen LogP contribution in [-0.4, -0.2) is 38.4 Å². The third-order valence-electron chi connectivity index (χ3n) is 5.86. The number of para-hydroxylation sites is 1. The number of carbonyl (C=O) groups excluding carboxylic acids is 1. The summed E-state index contributed by atoms with van der Waals surface area (Å²) in [5, 5.41) is 1.07. The minimum atomic E-state index is 0.0491. The molecule has 5 nitrogen and oxygen atoms in total. The number of aromatic nitrogens is 3. The Morgan fingerprint density at radius 1 is 1.15 bits per heavy atom. The summed E-state index contributed by atoms with van der Waals surface area (Å²) < 4.78 is 2.38. The Balaban J connectivity index is 1.30. The zero-order chi connectivity index (χ0) is 18.4. The van der Waals surface area contributed by atoms with Crippen molar-refractivity contribution in [3.63, 3.8) is 0 Å². The second-order valence-corrected chi connectivity index (χ2v) is 7.94. The van der Waals surface area contributed by atoms with Crippen molar-refractivity contribution in [2.75, 3.05) is 13.1 Å². The van der Waals surface area contributed by atoms with Gasteiger partial charge < -0.3 is 9.47 Å². The number of fused-ring (bicyclic) bond motifs is 1. The molecule has 3 aromatic rings. The van der Waals surface area contributed by atoms with Gasteiger partial charge in [-0.3, -0.25) is 4.79 Å². The van der Waals surface area contributed by atoms with Gasteiger partial charge in [0.2, 0.25) is 0 Å². The van der Waals surface area contributed by atoms with Crippen molar-refractivity contribution in [2.45, 2.75) is 38.6 Å². The molecule has 1 aliphatic carbocycles. The minimum Gasteiger partial charge on any atom is -0.337 e. The molecule has 0 spiro atoms. The molecule has 1 aliphatic heterocycles. The van der Waals surface area contributed by atoms with Gasteiger partial charge in [0.05, 0.1) is 5.52 Å². The number of nitrogens with zero attached hydrogens (tertiary/aromatic N) is 4. The van der Waals surface area contributed by atoms with Gasteiger partial charge >= 0.3 is 0 Å². The van der Waals surface area contributed by atoms with Crippen LogP contribution in [0.5, 0.6) is 0 Å². The lowest BCUT2D eigenvalue weighted by molar-refractivity contribution is 0.0780. The molecule has 0 N–H and O–H groups in total. The molecule has 2 fully saturated rings. The highest BCUT2D eigenvalue weighted by Crippen LogP contribution is 2.40. The van der Waals surface area contributed by atoms with E-state index in [0.29, 0.717) is 17.5 Å². The van der Waals surface area contributed by atoms with Gasteiger partial charge in [0, 0.05) is 42.8 Å². The van der Waals surface area contributed by atoms with Crippen molar-refractivity contribution >= 4 is 16.8 Å². The number of aryl methyl sites for hydroxylation is 1. The van der Waals surface area contributed by atoms with Crippen LogP contribution in [-0.2, 0) is 6.54 Å². The van der Waals surface area contributed by atoms with Gasteiger partial charge in [-0.25, -0.2) is 9.97 Å². The monoisotopic (exact) mass is 360 g/mol. The van der Waals surface area contributed by atoms with Crippen LogP contribution >= 0.6 is 0 Å². The van der Waals surface area contributed by atoms with E-state index in [9.17, 15) is 4.79 Å². The number of benzene rings is 1. The van der Waals surface area contributed by atoms with Crippen LogP contribution < -0.4 is 0 Å². The Labute approximate surface area is 159 Å². The number of hydrogen-bond acceptors (Lipinski definition) is 3. The maximum Gasteiger partial charge on any atom is 0.272 e. The summed E-state index contributed by atoms with van der Waals surface area (Å²) in [6.45, 7) is 4.71. The summed E-state index contributed by atoms with van der Waals surface area (Å²) in [6, 6.07) is 11.8. The first-order chi connectivity index (χ1) is 13.2. The van der Waals surface area contributed by atoms with E-state index < -0.39 is 0 Å². The molecule has 1 atom stereocenters. The van der Waals surface area contributed by atoms with Gasteiger partial charge in [-0.05, 0) is 44.2 Å². The number of carbonyl (C=O) groups is 1. The fraction of sp³-hybridized carbons (Fsp3) is 0.409. The number of imidazole rings is 1. The van der Waals surface area contributed by atoms with Gasteiger partial charge in [0.1, 0.15) is 11.5 Å². The Morgan fingerprint density at radius 3 is 2.85 bits per heavy atom. The standard InChI is InChI=1S/C22H24N4O/c1-15-12-23-21(18-6-7-18)26(15)14-16-10-11-25(13-16)22(27)20-9-8-17-4-2-3-5-19(17)24-20/h2-5,8-9,12,16,18H,6-7,10-11,13-14H2,1H3/t16-/m0/s1. The van der Waals surface area contributed by atoms with Crippen molar-refractivity contribution in [2.24, 2.45) is 5.92 Å². The van der Waals surface area contributed by atoms with Crippen LogP contribution in [0.3, 0.4) is 0 Å². The summed E-state index contributed by atoms with van der Waals surface area (Å²) in [7, 11) is 0. The highest BCUT2D eigenvalue weighted by atomic mass is 16.2. The fourth-order valence-corrected chi connectivity index (χ4v) is 4.16. The van der Waals surface area contributed by atoms with E-state index >= 15 is 0 Å². The topological polar surface area (TPSA) is 51.0 Å². The average Bonchev–Trinajstić information content (AvgIpc) is 3.33. The third-order valence-corrected chi connectivity index (χ3v) is 5.86. The first kappa shape index (κ1) is 16.5. The highest BCUT2D eigenvalue weighted by molar-refractivity contribution is 5.95. The van der Waals surface area contributed by atoms with Crippen LogP contribution in [0.15, 0.2) is 42.6 Å². The molecule has 5 rings (SSSR count). The number of likely N-dealkylation sites (tertiary alicyclic amines) is 1. The molecular formula is C22H24N4O. The maximum atomic E-state index is 12.9. The normalized spacial score (nSPS) is 19.7. The molecule has 0 radical (unpaired) electrons. The van der Waals surface area contributed by atoms with Crippen molar-refractivity contribution in [3.05, 3.63) is 59.8 Å². The molecule has 138 valence electrons. The van der Waals surface area contributed by atoms with Gasteiger partial charge in [0.15, 0.2) is 0 Å². The summed E-state index contributed by atoms with van der Waals surface area (Å²) in [6.07, 6.45) is 5.56. The van der Waals surface area contributed by atoms with E-state index in [4.69, 9.17) is 0 Å². The summed E-state index contributed by atoms with van der Waals surface area (Å²) >= 11 is 0. The van der Waals surface area contributed by atoms with Crippen LogP contribution in [0.25, 0.3) is 10.9 Å². The van der Waals surface area contributed by atoms with Crippen molar-refractivity contribution in [1.82, 2.24) is 19.4 Å². The van der Waals surface area contributed by atoms with Gasteiger partial charge in [0.25, 0.3) is 5.91 Å². The van der Waals surface area contributed by atoms with Gasteiger partial charge in [-0.15, -0.1) is 0 Å². The molecule has 2 aliphatic rings. The van der Waals surface area contributed by atoms with E-state index in [0.717, 1.165) is 37.0 Å². The Hall–Kier alpha value is -2.69. The summed E-state index contributed by atoms with van der Waals surface area (Å²) in [5.41, 5.74) is 2.66. The van der Waals surface area contributed by atoms with Gasteiger partial charge in [-0.1, -0.05) is 24.3 Å². The lowest BCUT2D eigenvalue weighted by atomic mass is 10.1. The first-order valence-electron chi connectivity index (χ1n) is 9.86. The molecule has 27 heavy (non-hydrogen) atoms. The Bertz CT molecular complexity index is 1000. The SMILES string of the molecule is Cc1cnc(C2CC2)n1C[C@H]1CCN(C(=O)c2ccc3ccccc3n2)C1. The number of rotatable bonds is 4. The first-order valence-corrected chi connectivity index (χ1v) is 9.86. The molecular weight excluding hydrogens is 336 g/mol. The predicted octanol–water partition coefficient (Wildman–Crippen LogP) is 3.78. The van der Waals surface area contributed by atoms with Crippen molar-refractivity contribution in [1.29, 1.82) is 0 Å². The zero-order valence-electron chi connectivity index (χ0n) is 15.6. The van der Waals surface area contributed by atoms with E-state index in [1.807, 2.05) is 47.5 Å². The van der Waals surface area contributed by atoms with Gasteiger partial charge in [-0.2, -0.15) is 0 Å². The maximum absolute atomic E-state index is 12.9. The number of hydrogen-bond donors (Lipinski definition) is 0. The summed E-state index contributed by atoms with van der Waals surface area (Å²) in [4.78, 5) is 24.1. The zero-order valence-corrected chi connectivity index (χ0v) is 15.6. The molecule has 1 saturated carbocycles. The van der Waals surface area contributed by atoms with E-state index in [1.54, 1.807) is 0 Å². The minimum absolute atomic E-state index is 0.0491. The number of amides is 1. The molecule has 3 heterocycles. The van der Waals surface area contributed by atoms with Crippen LogP contribution in [0.2, 0.25) is 0 Å². The lowest BCUT2D eigenvalue weighted by Gasteiger charge is -2.18. The van der Waals surface area contributed by atoms with E-state index in [1.165, 1.54) is 24.4 Å². The van der Waals surface area contributed by atoms with Crippen LogP contribution in [0.4, 0.5) is 0 Å². The fourth-order valence-electron chi connectivity index (χ4n) is 4.16. The van der Waals surface area contributed by atoms with Crippen LogP contribution in [0.1, 0.15) is 47.2 Å². The summed E-state index contributed by atoms with van der Waals surface area (Å²) in [5.74, 6) is 2.43. The smallest absolute Gasteiger partial charge is 0.272 e. The van der Waals surface area contributed by atoms with E-state index in [2.05, 4.69) is 21.5 Å². The van der Waals surface area contributed by atoms with E-state index in [-0.39, 0.29) is 5.91 Å². The second-order valence-electron chi connectivity index (χ2n) is 7.94.